The normalized spacial score (nSPS) is 13.0. The number of aryl methyl sites for hydroxylation is 1. The SMILES string of the molecule is CCc1cc(Nc2nccn3c(-c4cn(CC5CC5)nc4C(F)(F)F)cnc23)ccc1C(=O)NCCOCCN.O=CO. The lowest BCUT2D eigenvalue weighted by Crippen LogP contribution is -2.28. The number of imidazole rings is 1. The summed E-state index contributed by atoms with van der Waals surface area (Å²) in [6.45, 7) is 3.75. The van der Waals surface area contributed by atoms with Gasteiger partial charge in [0.25, 0.3) is 12.4 Å². The molecule has 1 saturated carbocycles. The Morgan fingerprint density at radius 3 is 2.70 bits per heavy atom. The molecule has 3 aromatic heterocycles. The number of rotatable bonds is 12. The van der Waals surface area contributed by atoms with E-state index >= 15 is 0 Å². The van der Waals surface area contributed by atoms with Crippen LogP contribution in [-0.4, -0.2) is 67.9 Å². The molecule has 43 heavy (non-hydrogen) atoms. The molecule has 0 saturated heterocycles. The van der Waals surface area contributed by atoms with E-state index in [0.29, 0.717) is 67.9 Å². The highest BCUT2D eigenvalue weighted by atomic mass is 19.4. The number of amides is 1. The molecule has 0 atom stereocenters. The van der Waals surface area contributed by atoms with Gasteiger partial charge in [0.05, 0.1) is 30.7 Å². The molecular weight excluding hydrogens is 569 g/mol. The molecule has 230 valence electrons. The summed E-state index contributed by atoms with van der Waals surface area (Å²) < 4.78 is 49.9. The quantitative estimate of drug-likeness (QED) is 0.140. The Bertz CT molecular complexity index is 1550. The molecule has 15 heteroatoms. The highest BCUT2D eigenvalue weighted by Crippen LogP contribution is 2.38. The number of nitrogens with one attached hydrogen (secondary N) is 2. The van der Waals surface area contributed by atoms with Crippen LogP contribution >= 0.6 is 0 Å². The van der Waals surface area contributed by atoms with Crippen LogP contribution < -0.4 is 16.4 Å². The van der Waals surface area contributed by atoms with Crippen molar-refractivity contribution < 1.29 is 32.6 Å². The van der Waals surface area contributed by atoms with Crippen molar-refractivity contribution in [2.75, 3.05) is 31.6 Å². The number of hydrogen-bond acceptors (Lipinski definition) is 8. The summed E-state index contributed by atoms with van der Waals surface area (Å²) in [4.78, 5) is 29.8. The lowest BCUT2D eigenvalue weighted by molar-refractivity contribution is -0.141. The minimum absolute atomic E-state index is 0.0325. The van der Waals surface area contributed by atoms with E-state index in [0.717, 1.165) is 18.4 Å². The number of anilines is 2. The zero-order chi connectivity index (χ0) is 31.0. The van der Waals surface area contributed by atoms with Gasteiger partial charge in [-0.05, 0) is 48.9 Å². The maximum absolute atomic E-state index is 13.9. The van der Waals surface area contributed by atoms with Crippen molar-refractivity contribution >= 4 is 29.5 Å². The molecule has 1 aromatic carbocycles. The highest BCUT2D eigenvalue weighted by molar-refractivity contribution is 5.96. The Morgan fingerprint density at radius 2 is 2.02 bits per heavy atom. The number of alkyl halides is 3. The molecule has 0 bridgehead atoms. The molecule has 1 aliphatic carbocycles. The van der Waals surface area contributed by atoms with Gasteiger partial charge in [-0.3, -0.25) is 18.7 Å². The van der Waals surface area contributed by atoms with Crippen molar-refractivity contribution in [3.63, 3.8) is 0 Å². The molecule has 0 aliphatic heterocycles. The lowest BCUT2D eigenvalue weighted by Gasteiger charge is -2.13. The van der Waals surface area contributed by atoms with E-state index in [9.17, 15) is 18.0 Å². The van der Waals surface area contributed by atoms with Gasteiger partial charge in [-0.15, -0.1) is 0 Å². The Hall–Kier alpha value is -4.50. The number of carboxylic acid groups (broad SMARTS) is 1. The second kappa shape index (κ2) is 14.1. The number of nitrogens with two attached hydrogens (primary N) is 1. The van der Waals surface area contributed by atoms with Crippen LogP contribution in [0.5, 0.6) is 0 Å². The molecule has 0 unspecified atom stereocenters. The predicted octanol–water partition coefficient (Wildman–Crippen LogP) is 3.73. The van der Waals surface area contributed by atoms with E-state index in [-0.39, 0.29) is 23.6 Å². The van der Waals surface area contributed by atoms with Crippen molar-refractivity contribution in [3.05, 3.63) is 59.8 Å². The van der Waals surface area contributed by atoms with Gasteiger partial charge in [-0.25, -0.2) is 9.97 Å². The number of ether oxygens (including phenoxy) is 1. The Labute approximate surface area is 245 Å². The smallest absolute Gasteiger partial charge is 0.435 e. The molecule has 0 radical (unpaired) electrons. The number of carbonyl (C=O) groups excluding carboxylic acids is 1. The van der Waals surface area contributed by atoms with E-state index in [4.69, 9.17) is 20.4 Å². The molecule has 4 aromatic rings. The van der Waals surface area contributed by atoms with Crippen LogP contribution in [-0.2, 0) is 28.7 Å². The average molecular weight is 603 g/mol. The largest absolute Gasteiger partial charge is 0.483 e. The fourth-order valence-corrected chi connectivity index (χ4v) is 4.52. The number of hydrogen-bond donors (Lipinski definition) is 4. The summed E-state index contributed by atoms with van der Waals surface area (Å²) in [5.74, 6) is 0.529. The zero-order valence-corrected chi connectivity index (χ0v) is 23.5. The number of fused-ring (bicyclic) bond motifs is 1. The monoisotopic (exact) mass is 602 g/mol. The average Bonchev–Trinajstić information content (AvgIpc) is 3.51. The Balaban J connectivity index is 0.00000135. The van der Waals surface area contributed by atoms with Crippen molar-refractivity contribution in [2.24, 2.45) is 11.7 Å². The Kier molecular flexibility index (Phi) is 10.3. The number of nitrogens with zero attached hydrogens (tertiary/aromatic N) is 5. The molecule has 1 amide bonds. The topological polar surface area (TPSA) is 162 Å². The molecule has 1 aliphatic rings. The fraction of sp³-hybridized carbons (Fsp3) is 0.393. The summed E-state index contributed by atoms with van der Waals surface area (Å²) in [5.41, 5.74) is 7.08. The van der Waals surface area contributed by atoms with Crippen molar-refractivity contribution in [1.82, 2.24) is 29.5 Å². The first-order chi connectivity index (χ1) is 20.7. The van der Waals surface area contributed by atoms with Crippen LogP contribution in [0.1, 0.15) is 41.4 Å². The maximum atomic E-state index is 13.9. The fourth-order valence-electron chi connectivity index (χ4n) is 4.52. The molecule has 5 N–H and O–H groups in total. The third-order valence-electron chi connectivity index (χ3n) is 6.66. The van der Waals surface area contributed by atoms with Gasteiger partial charge in [0.15, 0.2) is 17.2 Å². The third-order valence-corrected chi connectivity index (χ3v) is 6.66. The molecule has 5 rings (SSSR count). The summed E-state index contributed by atoms with van der Waals surface area (Å²) >= 11 is 0. The molecule has 1 fully saturated rings. The van der Waals surface area contributed by atoms with E-state index < -0.39 is 11.9 Å². The first kappa shape index (κ1) is 31.4. The van der Waals surface area contributed by atoms with Crippen LogP contribution in [0.4, 0.5) is 24.7 Å². The van der Waals surface area contributed by atoms with E-state index in [1.165, 1.54) is 23.3 Å². The van der Waals surface area contributed by atoms with E-state index in [1.807, 2.05) is 13.0 Å². The van der Waals surface area contributed by atoms with Crippen LogP contribution in [0.3, 0.4) is 0 Å². The first-order valence-electron chi connectivity index (χ1n) is 13.7. The van der Waals surface area contributed by atoms with E-state index in [2.05, 4.69) is 25.7 Å². The van der Waals surface area contributed by atoms with Gasteiger partial charge < -0.3 is 26.2 Å². The summed E-state index contributed by atoms with van der Waals surface area (Å²) in [5, 5.41) is 16.8. The van der Waals surface area contributed by atoms with Gasteiger partial charge in [0.1, 0.15) is 0 Å². The van der Waals surface area contributed by atoms with Crippen LogP contribution in [0.2, 0.25) is 0 Å². The van der Waals surface area contributed by atoms with Crippen molar-refractivity contribution in [3.8, 4) is 11.3 Å². The second-order valence-corrected chi connectivity index (χ2v) is 9.78. The maximum Gasteiger partial charge on any atom is 0.435 e. The van der Waals surface area contributed by atoms with Crippen molar-refractivity contribution in [1.29, 1.82) is 0 Å². The Morgan fingerprint density at radius 1 is 1.26 bits per heavy atom. The number of carbonyl (C=O) groups is 2. The highest BCUT2D eigenvalue weighted by Gasteiger charge is 2.39. The summed E-state index contributed by atoms with van der Waals surface area (Å²) in [6, 6.07) is 5.31. The van der Waals surface area contributed by atoms with Gasteiger partial charge in [0.2, 0.25) is 0 Å². The minimum Gasteiger partial charge on any atom is -0.483 e. The zero-order valence-electron chi connectivity index (χ0n) is 23.5. The van der Waals surface area contributed by atoms with Gasteiger partial charge in [-0.2, -0.15) is 18.3 Å². The lowest BCUT2D eigenvalue weighted by atomic mass is 10.0. The molecule has 3 heterocycles. The van der Waals surface area contributed by atoms with Crippen LogP contribution in [0.15, 0.2) is 43.0 Å². The first-order valence-corrected chi connectivity index (χ1v) is 13.7. The summed E-state index contributed by atoms with van der Waals surface area (Å²) in [7, 11) is 0. The molecule has 0 spiro atoms. The molecule has 12 nitrogen and oxygen atoms in total. The standard InChI is InChI=1S/C27H31F3N8O2.CH2O2/c1-2-18-13-19(5-6-20(18)26(39)33-9-12-40-11-7-31)35-24-25-34-14-22(38(25)10-8-32-24)21-16-37(15-17-3-4-17)36-23(21)27(28,29)30;2-1-3/h5-6,8,10,13-14,16-17H,2-4,7,9,11-12,15,31H2,1H3,(H,32,35)(H,33,39);1H,(H,2,3). The number of halogens is 3. The third kappa shape index (κ3) is 7.87. The van der Waals surface area contributed by atoms with Crippen molar-refractivity contribution in [2.45, 2.75) is 38.9 Å². The van der Waals surface area contributed by atoms with Gasteiger partial charge in [-0.1, -0.05) is 6.92 Å². The predicted molar refractivity (Wildman–Crippen MR) is 152 cm³/mol. The minimum atomic E-state index is -4.61. The molecular formula is C28H33F3N8O4. The second-order valence-electron chi connectivity index (χ2n) is 9.78. The summed E-state index contributed by atoms with van der Waals surface area (Å²) in [6.07, 6.45) is 3.92. The van der Waals surface area contributed by atoms with E-state index in [1.54, 1.807) is 22.7 Å². The number of aromatic nitrogens is 5. The van der Waals surface area contributed by atoms with Gasteiger partial charge in [0, 0.05) is 49.5 Å². The van der Waals surface area contributed by atoms with Crippen LogP contribution in [0.25, 0.3) is 16.9 Å². The number of benzene rings is 1. The van der Waals surface area contributed by atoms with Crippen LogP contribution in [0, 0.1) is 5.92 Å². The van der Waals surface area contributed by atoms with Gasteiger partial charge >= 0.3 is 6.18 Å².